The van der Waals surface area contributed by atoms with Gasteiger partial charge in [-0.3, -0.25) is 4.79 Å². The number of nitrogens with one attached hydrogen (secondary N) is 1. The zero-order chi connectivity index (χ0) is 14.5. The number of methoxy groups -OCH3 is 1. The van der Waals surface area contributed by atoms with Gasteiger partial charge < -0.3 is 15.8 Å². The summed E-state index contributed by atoms with van der Waals surface area (Å²) in [5.74, 6) is 0.424. The van der Waals surface area contributed by atoms with Crippen molar-refractivity contribution in [2.24, 2.45) is 0 Å². The number of amides is 1. The van der Waals surface area contributed by atoms with Gasteiger partial charge in [-0.25, -0.2) is 0 Å². The Morgan fingerprint density at radius 3 is 2.70 bits per heavy atom. The number of nitrogens with two attached hydrogens (primary N) is 1. The molecule has 0 fully saturated rings. The summed E-state index contributed by atoms with van der Waals surface area (Å²) in [6, 6.07) is 12.7. The molecule has 0 radical (unpaired) electrons. The van der Waals surface area contributed by atoms with Crippen LogP contribution < -0.4 is 15.8 Å². The lowest BCUT2D eigenvalue weighted by atomic mass is 10.0. The van der Waals surface area contributed by atoms with Crippen molar-refractivity contribution in [3.63, 3.8) is 0 Å². The molecule has 4 heteroatoms. The number of rotatable bonds is 4. The van der Waals surface area contributed by atoms with E-state index in [0.717, 1.165) is 12.0 Å². The summed E-state index contributed by atoms with van der Waals surface area (Å²) >= 11 is 0. The predicted octanol–water partition coefficient (Wildman–Crippen LogP) is 3.09. The zero-order valence-corrected chi connectivity index (χ0v) is 11.6. The fraction of sp³-hybridized carbons (Fsp3) is 0.188. The topological polar surface area (TPSA) is 64.4 Å². The lowest BCUT2D eigenvalue weighted by molar-refractivity contribution is 0.102. The summed E-state index contributed by atoms with van der Waals surface area (Å²) in [4.78, 5) is 12.4. The number of carbonyl (C=O) groups is 1. The number of carbonyl (C=O) groups excluding carboxylic acids is 1. The molecule has 0 unspecified atom stereocenters. The van der Waals surface area contributed by atoms with E-state index >= 15 is 0 Å². The normalized spacial score (nSPS) is 10.1. The van der Waals surface area contributed by atoms with Crippen molar-refractivity contribution in [3.05, 3.63) is 53.6 Å². The molecule has 0 bridgehead atoms. The predicted molar refractivity (Wildman–Crippen MR) is 81.2 cm³/mol. The van der Waals surface area contributed by atoms with Crippen LogP contribution in [0.5, 0.6) is 5.75 Å². The van der Waals surface area contributed by atoms with E-state index < -0.39 is 0 Å². The molecule has 4 nitrogen and oxygen atoms in total. The number of aryl methyl sites for hydroxylation is 1. The fourth-order valence-corrected chi connectivity index (χ4v) is 2.06. The molecule has 2 aromatic carbocycles. The van der Waals surface area contributed by atoms with Crippen LogP contribution in [-0.2, 0) is 6.42 Å². The molecule has 104 valence electrons. The second kappa shape index (κ2) is 6.10. The molecule has 0 aromatic heterocycles. The maximum atomic E-state index is 12.4. The summed E-state index contributed by atoms with van der Waals surface area (Å²) in [5.41, 5.74) is 8.57. The van der Waals surface area contributed by atoms with Crippen molar-refractivity contribution in [2.45, 2.75) is 13.3 Å². The fourth-order valence-electron chi connectivity index (χ4n) is 2.06. The molecule has 0 heterocycles. The van der Waals surface area contributed by atoms with Crippen molar-refractivity contribution < 1.29 is 9.53 Å². The number of benzene rings is 2. The van der Waals surface area contributed by atoms with Crippen LogP contribution in [0.1, 0.15) is 22.8 Å². The molecule has 0 saturated carbocycles. The van der Waals surface area contributed by atoms with Gasteiger partial charge in [-0.05, 0) is 36.2 Å². The van der Waals surface area contributed by atoms with Gasteiger partial charge in [-0.2, -0.15) is 0 Å². The maximum absolute atomic E-state index is 12.4. The first kappa shape index (κ1) is 13.9. The molecule has 2 rings (SSSR count). The van der Waals surface area contributed by atoms with Crippen LogP contribution >= 0.6 is 0 Å². The van der Waals surface area contributed by atoms with Crippen LogP contribution in [0, 0.1) is 0 Å². The molecule has 20 heavy (non-hydrogen) atoms. The molecule has 0 atom stereocenters. The largest absolute Gasteiger partial charge is 0.495 e. The number of nitrogen functional groups attached to an aromatic ring is 1. The van der Waals surface area contributed by atoms with Gasteiger partial charge in [-0.15, -0.1) is 0 Å². The van der Waals surface area contributed by atoms with Crippen LogP contribution in [0.3, 0.4) is 0 Å². The Balaban J connectivity index is 2.30. The lowest BCUT2D eigenvalue weighted by Gasteiger charge is -2.12. The SMILES string of the molecule is CCc1ccccc1C(=O)Nc1cc(N)ccc1OC. The van der Waals surface area contributed by atoms with Crippen LogP contribution in [0.2, 0.25) is 0 Å². The van der Waals surface area contributed by atoms with Gasteiger partial charge in [0.2, 0.25) is 0 Å². The van der Waals surface area contributed by atoms with E-state index in [-0.39, 0.29) is 5.91 Å². The number of ether oxygens (including phenoxy) is 1. The molecule has 1 amide bonds. The molecular weight excluding hydrogens is 252 g/mol. The van der Waals surface area contributed by atoms with E-state index in [2.05, 4.69) is 5.32 Å². The number of anilines is 2. The molecule has 0 aliphatic heterocycles. The molecule has 3 N–H and O–H groups in total. The average molecular weight is 270 g/mol. The number of hydrogen-bond acceptors (Lipinski definition) is 3. The van der Waals surface area contributed by atoms with E-state index in [1.54, 1.807) is 25.3 Å². The molecule has 2 aromatic rings. The van der Waals surface area contributed by atoms with Gasteiger partial charge in [0.1, 0.15) is 5.75 Å². The van der Waals surface area contributed by atoms with Crippen molar-refractivity contribution in [2.75, 3.05) is 18.2 Å². The highest BCUT2D eigenvalue weighted by Gasteiger charge is 2.12. The maximum Gasteiger partial charge on any atom is 0.256 e. The van der Waals surface area contributed by atoms with E-state index in [1.807, 2.05) is 31.2 Å². The number of hydrogen-bond donors (Lipinski definition) is 2. The van der Waals surface area contributed by atoms with E-state index in [4.69, 9.17) is 10.5 Å². The summed E-state index contributed by atoms with van der Waals surface area (Å²) in [6.07, 6.45) is 0.803. The quantitative estimate of drug-likeness (QED) is 0.839. The first-order valence-corrected chi connectivity index (χ1v) is 6.48. The smallest absolute Gasteiger partial charge is 0.256 e. The molecule has 0 spiro atoms. The first-order valence-electron chi connectivity index (χ1n) is 6.48. The van der Waals surface area contributed by atoms with Gasteiger partial charge in [-0.1, -0.05) is 25.1 Å². The average Bonchev–Trinajstić information content (AvgIpc) is 2.47. The van der Waals surface area contributed by atoms with Crippen LogP contribution in [0.4, 0.5) is 11.4 Å². The standard InChI is InChI=1S/C16H18N2O2/c1-3-11-6-4-5-7-13(11)16(19)18-14-10-12(17)8-9-15(14)20-2/h4-10H,3,17H2,1-2H3,(H,18,19). The minimum absolute atomic E-state index is 0.161. The van der Waals surface area contributed by atoms with Gasteiger partial charge >= 0.3 is 0 Å². The minimum atomic E-state index is -0.161. The minimum Gasteiger partial charge on any atom is -0.495 e. The van der Waals surface area contributed by atoms with Gasteiger partial charge in [0, 0.05) is 11.3 Å². The second-order valence-electron chi connectivity index (χ2n) is 4.42. The monoisotopic (exact) mass is 270 g/mol. The van der Waals surface area contributed by atoms with Crippen molar-refractivity contribution >= 4 is 17.3 Å². The third kappa shape index (κ3) is 2.91. The Morgan fingerprint density at radius 2 is 2.00 bits per heavy atom. The Labute approximate surface area is 118 Å². The summed E-state index contributed by atoms with van der Waals surface area (Å²) in [6.45, 7) is 2.02. The van der Waals surface area contributed by atoms with E-state index in [9.17, 15) is 4.79 Å². The van der Waals surface area contributed by atoms with Crippen molar-refractivity contribution in [3.8, 4) is 5.75 Å². The van der Waals surface area contributed by atoms with Gasteiger partial charge in [0.05, 0.1) is 12.8 Å². The highest BCUT2D eigenvalue weighted by atomic mass is 16.5. The Kier molecular flexibility index (Phi) is 4.25. The Morgan fingerprint density at radius 1 is 1.25 bits per heavy atom. The molecule has 0 aliphatic rings. The third-order valence-corrected chi connectivity index (χ3v) is 3.11. The van der Waals surface area contributed by atoms with Crippen LogP contribution in [-0.4, -0.2) is 13.0 Å². The van der Waals surface area contributed by atoms with E-state index in [0.29, 0.717) is 22.7 Å². The highest BCUT2D eigenvalue weighted by molar-refractivity contribution is 6.06. The zero-order valence-electron chi connectivity index (χ0n) is 11.6. The van der Waals surface area contributed by atoms with Crippen molar-refractivity contribution in [1.82, 2.24) is 0 Å². The Hall–Kier alpha value is -2.49. The van der Waals surface area contributed by atoms with Crippen LogP contribution in [0.25, 0.3) is 0 Å². The summed E-state index contributed by atoms with van der Waals surface area (Å²) in [7, 11) is 1.56. The summed E-state index contributed by atoms with van der Waals surface area (Å²) < 4.78 is 5.22. The Bertz CT molecular complexity index is 624. The van der Waals surface area contributed by atoms with Crippen molar-refractivity contribution in [1.29, 1.82) is 0 Å². The first-order chi connectivity index (χ1) is 9.65. The highest BCUT2D eigenvalue weighted by Crippen LogP contribution is 2.27. The van der Waals surface area contributed by atoms with Gasteiger partial charge in [0.25, 0.3) is 5.91 Å². The summed E-state index contributed by atoms with van der Waals surface area (Å²) in [5, 5.41) is 2.85. The molecular formula is C16H18N2O2. The second-order valence-corrected chi connectivity index (χ2v) is 4.42. The molecule has 0 aliphatic carbocycles. The van der Waals surface area contributed by atoms with E-state index in [1.165, 1.54) is 0 Å². The van der Waals surface area contributed by atoms with Crippen LogP contribution in [0.15, 0.2) is 42.5 Å². The molecule has 0 saturated heterocycles. The van der Waals surface area contributed by atoms with Gasteiger partial charge in [0.15, 0.2) is 0 Å². The lowest BCUT2D eigenvalue weighted by Crippen LogP contribution is -2.14. The third-order valence-electron chi connectivity index (χ3n) is 3.11.